The lowest BCUT2D eigenvalue weighted by Gasteiger charge is -2.27. The van der Waals surface area contributed by atoms with E-state index in [0.717, 1.165) is 17.0 Å². The molecule has 0 aromatic carbocycles. The molecule has 1 aliphatic rings. The summed E-state index contributed by atoms with van der Waals surface area (Å²) in [6.45, 7) is 3.33. The number of hydrogen-bond donors (Lipinski definition) is 1. The molecule has 3 nitrogen and oxygen atoms in total. The quantitative estimate of drug-likeness (QED) is 0.858. The highest BCUT2D eigenvalue weighted by atomic mass is 79.9. The van der Waals surface area contributed by atoms with E-state index in [1.165, 1.54) is 32.1 Å². The zero-order chi connectivity index (χ0) is 11.4. The van der Waals surface area contributed by atoms with Crippen LogP contribution in [0.1, 0.15) is 39.0 Å². The molecule has 1 aromatic heterocycles. The third kappa shape index (κ3) is 2.73. The zero-order valence-electron chi connectivity index (χ0n) is 9.67. The molecule has 0 amide bonds. The maximum Gasteiger partial charge on any atom is 0.130 e. The summed E-state index contributed by atoms with van der Waals surface area (Å²) in [4.78, 5) is 8.24. The molecule has 1 fully saturated rings. The SMILES string of the molecule is CCC1(CNc2cc(Br)ncn2)CCCC1. The van der Waals surface area contributed by atoms with Gasteiger partial charge in [-0.2, -0.15) is 0 Å². The second-order valence-electron chi connectivity index (χ2n) is 4.64. The summed E-state index contributed by atoms with van der Waals surface area (Å²) in [7, 11) is 0. The van der Waals surface area contributed by atoms with Crippen LogP contribution < -0.4 is 5.32 Å². The van der Waals surface area contributed by atoms with Crippen LogP contribution in [0.25, 0.3) is 0 Å². The molecule has 0 aliphatic heterocycles. The van der Waals surface area contributed by atoms with Gasteiger partial charge >= 0.3 is 0 Å². The number of aromatic nitrogens is 2. The molecule has 0 atom stereocenters. The fraction of sp³-hybridized carbons (Fsp3) is 0.667. The van der Waals surface area contributed by atoms with E-state index in [1.54, 1.807) is 6.33 Å². The van der Waals surface area contributed by atoms with Gasteiger partial charge in [0.2, 0.25) is 0 Å². The maximum atomic E-state index is 4.21. The van der Waals surface area contributed by atoms with Crippen molar-refractivity contribution in [2.75, 3.05) is 11.9 Å². The van der Waals surface area contributed by atoms with Gasteiger partial charge in [-0.3, -0.25) is 0 Å². The summed E-state index contributed by atoms with van der Waals surface area (Å²) in [5.41, 5.74) is 0.497. The van der Waals surface area contributed by atoms with Gasteiger partial charge in [-0.05, 0) is 40.6 Å². The van der Waals surface area contributed by atoms with Crippen LogP contribution in [-0.4, -0.2) is 16.5 Å². The first-order valence-corrected chi connectivity index (χ1v) is 6.75. The minimum Gasteiger partial charge on any atom is -0.369 e. The lowest BCUT2D eigenvalue weighted by molar-refractivity contribution is 0.306. The van der Waals surface area contributed by atoms with Crippen LogP contribution in [0.2, 0.25) is 0 Å². The van der Waals surface area contributed by atoms with Gasteiger partial charge in [-0.15, -0.1) is 0 Å². The number of anilines is 1. The average Bonchev–Trinajstić information content (AvgIpc) is 2.76. The van der Waals surface area contributed by atoms with Crippen LogP contribution in [0.15, 0.2) is 17.0 Å². The van der Waals surface area contributed by atoms with Crippen LogP contribution in [0.5, 0.6) is 0 Å². The molecule has 1 aromatic rings. The summed E-state index contributed by atoms with van der Waals surface area (Å²) >= 11 is 3.36. The van der Waals surface area contributed by atoms with Crippen LogP contribution in [0.3, 0.4) is 0 Å². The predicted molar refractivity (Wildman–Crippen MR) is 69.4 cm³/mol. The molecule has 2 rings (SSSR count). The van der Waals surface area contributed by atoms with Crippen molar-refractivity contribution in [3.05, 3.63) is 17.0 Å². The Bertz CT molecular complexity index is 348. The van der Waals surface area contributed by atoms with E-state index >= 15 is 0 Å². The number of halogens is 1. The van der Waals surface area contributed by atoms with Crippen molar-refractivity contribution >= 4 is 21.7 Å². The lowest BCUT2D eigenvalue weighted by Crippen LogP contribution is -2.26. The van der Waals surface area contributed by atoms with Crippen molar-refractivity contribution in [3.8, 4) is 0 Å². The summed E-state index contributed by atoms with van der Waals surface area (Å²) in [5, 5.41) is 3.44. The van der Waals surface area contributed by atoms with Crippen LogP contribution in [0, 0.1) is 5.41 Å². The average molecular weight is 284 g/mol. The van der Waals surface area contributed by atoms with E-state index in [-0.39, 0.29) is 0 Å². The van der Waals surface area contributed by atoms with E-state index < -0.39 is 0 Å². The predicted octanol–water partition coefficient (Wildman–Crippen LogP) is 3.62. The fourth-order valence-corrected chi connectivity index (χ4v) is 2.80. The van der Waals surface area contributed by atoms with Crippen LogP contribution in [0.4, 0.5) is 5.82 Å². The Morgan fingerprint density at radius 3 is 2.75 bits per heavy atom. The fourth-order valence-electron chi connectivity index (χ4n) is 2.49. The molecule has 1 N–H and O–H groups in total. The van der Waals surface area contributed by atoms with E-state index in [2.05, 4.69) is 38.1 Å². The van der Waals surface area contributed by atoms with Crippen molar-refractivity contribution in [2.45, 2.75) is 39.0 Å². The molecular formula is C12H18BrN3. The largest absolute Gasteiger partial charge is 0.369 e. The third-order valence-corrected chi connectivity index (χ3v) is 4.13. The summed E-state index contributed by atoms with van der Waals surface area (Å²) in [5.74, 6) is 0.918. The van der Waals surface area contributed by atoms with Crippen LogP contribution >= 0.6 is 15.9 Å². The number of nitrogens with zero attached hydrogens (tertiary/aromatic N) is 2. The lowest BCUT2D eigenvalue weighted by atomic mass is 9.83. The molecule has 0 unspecified atom stereocenters. The van der Waals surface area contributed by atoms with Gasteiger partial charge < -0.3 is 5.32 Å². The number of hydrogen-bond acceptors (Lipinski definition) is 3. The Hall–Kier alpha value is -0.640. The molecule has 1 aliphatic carbocycles. The van der Waals surface area contributed by atoms with E-state index in [1.807, 2.05) is 6.07 Å². The number of nitrogens with one attached hydrogen (secondary N) is 1. The monoisotopic (exact) mass is 283 g/mol. The normalized spacial score (nSPS) is 18.6. The smallest absolute Gasteiger partial charge is 0.130 e. The summed E-state index contributed by atoms with van der Waals surface area (Å²) in [6.07, 6.45) is 8.30. The Morgan fingerprint density at radius 1 is 1.38 bits per heavy atom. The first-order valence-electron chi connectivity index (χ1n) is 5.95. The van der Waals surface area contributed by atoms with Crippen molar-refractivity contribution in [1.29, 1.82) is 0 Å². The van der Waals surface area contributed by atoms with Gasteiger partial charge in [0.15, 0.2) is 0 Å². The topological polar surface area (TPSA) is 37.8 Å². The highest BCUT2D eigenvalue weighted by molar-refractivity contribution is 9.10. The summed E-state index contributed by atoms with van der Waals surface area (Å²) in [6, 6.07) is 1.93. The van der Waals surface area contributed by atoms with E-state index in [4.69, 9.17) is 0 Å². The molecule has 0 spiro atoms. The molecular weight excluding hydrogens is 266 g/mol. The van der Waals surface area contributed by atoms with Crippen molar-refractivity contribution in [3.63, 3.8) is 0 Å². The van der Waals surface area contributed by atoms with Crippen molar-refractivity contribution in [2.24, 2.45) is 5.41 Å². The second kappa shape index (κ2) is 5.13. The van der Waals surface area contributed by atoms with Gasteiger partial charge in [-0.25, -0.2) is 9.97 Å². The third-order valence-electron chi connectivity index (χ3n) is 3.69. The highest BCUT2D eigenvalue weighted by Crippen LogP contribution is 2.40. The van der Waals surface area contributed by atoms with Gasteiger partial charge in [0.05, 0.1) is 0 Å². The van der Waals surface area contributed by atoms with E-state index in [0.29, 0.717) is 5.41 Å². The van der Waals surface area contributed by atoms with Crippen LogP contribution in [-0.2, 0) is 0 Å². The molecule has 0 saturated heterocycles. The molecule has 88 valence electrons. The molecule has 0 bridgehead atoms. The van der Waals surface area contributed by atoms with E-state index in [9.17, 15) is 0 Å². The van der Waals surface area contributed by atoms with Gasteiger partial charge in [0, 0.05) is 12.6 Å². The van der Waals surface area contributed by atoms with Crippen molar-refractivity contribution < 1.29 is 0 Å². The Morgan fingerprint density at radius 2 is 2.12 bits per heavy atom. The summed E-state index contributed by atoms with van der Waals surface area (Å²) < 4.78 is 0.835. The Balaban J connectivity index is 1.95. The minimum absolute atomic E-state index is 0.497. The zero-order valence-corrected chi connectivity index (χ0v) is 11.3. The van der Waals surface area contributed by atoms with Crippen molar-refractivity contribution in [1.82, 2.24) is 9.97 Å². The van der Waals surface area contributed by atoms with Gasteiger partial charge in [0.25, 0.3) is 0 Å². The first-order chi connectivity index (χ1) is 7.74. The molecule has 1 saturated carbocycles. The molecule has 0 radical (unpaired) electrons. The second-order valence-corrected chi connectivity index (χ2v) is 5.45. The molecule has 4 heteroatoms. The highest BCUT2D eigenvalue weighted by Gasteiger charge is 2.31. The van der Waals surface area contributed by atoms with Gasteiger partial charge in [-0.1, -0.05) is 19.8 Å². The maximum absolute atomic E-state index is 4.21. The molecule has 1 heterocycles. The minimum atomic E-state index is 0.497. The molecule has 16 heavy (non-hydrogen) atoms. The van der Waals surface area contributed by atoms with Gasteiger partial charge in [0.1, 0.15) is 16.7 Å². The standard InChI is InChI=1S/C12H18BrN3/c1-2-12(5-3-4-6-12)8-14-11-7-10(13)15-9-16-11/h7,9H,2-6,8H2,1H3,(H,14,15,16). The first kappa shape index (κ1) is 11.8. The number of rotatable bonds is 4. The Labute approximate surface area is 105 Å². The Kier molecular flexibility index (Phi) is 3.79.